The van der Waals surface area contributed by atoms with Crippen LogP contribution in [0.1, 0.15) is 74.3 Å². The summed E-state index contributed by atoms with van der Waals surface area (Å²) < 4.78 is 5.45. The zero-order valence-corrected chi connectivity index (χ0v) is 29.7. The van der Waals surface area contributed by atoms with E-state index >= 15 is 0 Å². The molecule has 10 nitrogen and oxygen atoms in total. The van der Waals surface area contributed by atoms with Crippen molar-refractivity contribution in [3.63, 3.8) is 0 Å². The molecule has 2 aromatic heterocycles. The smallest absolute Gasteiger partial charge is 0.323 e. The van der Waals surface area contributed by atoms with Crippen LogP contribution in [0.15, 0.2) is 42.6 Å². The highest BCUT2D eigenvalue weighted by Crippen LogP contribution is 2.38. The van der Waals surface area contributed by atoms with Crippen LogP contribution in [-0.4, -0.2) is 88.5 Å². The summed E-state index contributed by atoms with van der Waals surface area (Å²) >= 11 is 1.36. The second-order valence-corrected chi connectivity index (χ2v) is 15.3. The maximum atomic E-state index is 14.1. The molecule has 0 spiro atoms. The van der Waals surface area contributed by atoms with Crippen LogP contribution in [0.2, 0.25) is 0 Å². The lowest BCUT2D eigenvalue weighted by molar-refractivity contribution is -0.148. The highest BCUT2D eigenvalue weighted by molar-refractivity contribution is 7.14. The predicted octanol–water partition coefficient (Wildman–Crippen LogP) is 6.36. The van der Waals surface area contributed by atoms with Gasteiger partial charge >= 0.3 is 6.03 Å². The monoisotopic (exact) mass is 660 g/mol. The maximum Gasteiger partial charge on any atom is 0.323 e. The number of amides is 4. The minimum atomic E-state index is -1.01. The van der Waals surface area contributed by atoms with Crippen LogP contribution < -0.4 is 10.6 Å². The number of hydrogen-bond acceptors (Lipinski definition) is 7. The molecule has 252 valence electrons. The van der Waals surface area contributed by atoms with Gasteiger partial charge in [0.25, 0.3) is 5.91 Å². The number of aryl methyl sites for hydroxylation is 1. The normalized spacial score (nSPS) is 17.3. The Morgan fingerprint density at radius 1 is 1.02 bits per heavy atom. The average Bonchev–Trinajstić information content (AvgIpc) is 3.44. The quantitative estimate of drug-likeness (QED) is 0.305. The molecule has 0 atom stereocenters. The van der Waals surface area contributed by atoms with Crippen molar-refractivity contribution in [2.75, 3.05) is 50.0 Å². The highest BCUT2D eigenvalue weighted by atomic mass is 32.1. The number of nitrogens with one attached hydrogen (secondary N) is 2. The number of nitrogens with zero attached hydrogens (tertiary/aromatic N) is 4. The summed E-state index contributed by atoms with van der Waals surface area (Å²) in [5, 5.41) is 5.91. The number of ether oxygens (including phenoxy) is 1. The number of urea groups is 1. The molecule has 1 aromatic carbocycles. The van der Waals surface area contributed by atoms with E-state index in [1.54, 1.807) is 18.7 Å². The third kappa shape index (κ3) is 7.69. The maximum absolute atomic E-state index is 14.1. The number of morpholine rings is 1. The van der Waals surface area contributed by atoms with E-state index < -0.39 is 11.6 Å². The number of piperazine rings is 1. The van der Waals surface area contributed by atoms with Gasteiger partial charge in [0.1, 0.15) is 10.4 Å². The van der Waals surface area contributed by atoms with E-state index in [2.05, 4.69) is 48.4 Å². The molecule has 0 bridgehead atoms. The van der Waals surface area contributed by atoms with E-state index in [9.17, 15) is 14.4 Å². The van der Waals surface area contributed by atoms with Crippen molar-refractivity contribution in [2.24, 2.45) is 0 Å². The second-order valence-electron chi connectivity index (χ2n) is 14.2. The molecule has 47 heavy (non-hydrogen) atoms. The van der Waals surface area contributed by atoms with Crippen molar-refractivity contribution in [3.8, 4) is 11.1 Å². The van der Waals surface area contributed by atoms with Gasteiger partial charge in [-0.05, 0) is 75.4 Å². The topological polar surface area (TPSA) is 107 Å². The number of rotatable bonds is 7. The number of pyridine rings is 1. The van der Waals surface area contributed by atoms with Gasteiger partial charge in [0.05, 0.1) is 24.6 Å². The van der Waals surface area contributed by atoms with Crippen LogP contribution in [-0.2, 0) is 21.5 Å². The lowest BCUT2D eigenvalue weighted by atomic mass is 9.94. The fourth-order valence-electron chi connectivity index (χ4n) is 6.00. The van der Waals surface area contributed by atoms with Crippen molar-refractivity contribution in [3.05, 3.63) is 63.6 Å². The Morgan fingerprint density at radius 3 is 2.38 bits per heavy atom. The third-order valence-corrected chi connectivity index (χ3v) is 10.5. The van der Waals surface area contributed by atoms with Crippen LogP contribution in [0.3, 0.4) is 0 Å². The van der Waals surface area contributed by atoms with Gasteiger partial charge in [0.2, 0.25) is 5.91 Å². The molecular formula is C36H48N6O4S. The van der Waals surface area contributed by atoms with Crippen molar-refractivity contribution < 1.29 is 19.1 Å². The molecule has 2 aliphatic heterocycles. The molecule has 5 rings (SSSR count). The molecule has 2 aliphatic rings. The molecule has 11 heteroatoms. The van der Waals surface area contributed by atoms with Gasteiger partial charge in [-0.2, -0.15) is 0 Å². The second kappa shape index (κ2) is 13.7. The van der Waals surface area contributed by atoms with Crippen molar-refractivity contribution in [1.29, 1.82) is 0 Å². The summed E-state index contributed by atoms with van der Waals surface area (Å²) in [6.07, 6.45) is 1.88. The van der Waals surface area contributed by atoms with Crippen molar-refractivity contribution >= 4 is 40.6 Å². The minimum Gasteiger partial charge on any atom is -0.379 e. The fraction of sp³-hybridized carbons (Fsp3) is 0.500. The Bertz CT molecular complexity index is 1620. The highest BCUT2D eigenvalue weighted by Gasteiger charge is 2.46. The molecule has 2 N–H and O–H groups in total. The summed E-state index contributed by atoms with van der Waals surface area (Å²) in [7, 11) is 0. The van der Waals surface area contributed by atoms with Crippen LogP contribution >= 0.6 is 11.3 Å². The summed E-state index contributed by atoms with van der Waals surface area (Å²) in [6.45, 7) is 20.8. The van der Waals surface area contributed by atoms with Crippen LogP contribution in [0.5, 0.6) is 0 Å². The largest absolute Gasteiger partial charge is 0.379 e. The van der Waals surface area contributed by atoms with Crippen LogP contribution in [0.4, 0.5) is 16.2 Å². The lowest BCUT2D eigenvalue weighted by Gasteiger charge is -2.47. The molecule has 3 aromatic rings. The standard InChI is InChI=1S/C36H48N6O4S/c1-23(2)41-13-14-42(36(7,8)33(41)44)32(43)31-29(20-30(47-31)35(4,5)6)39-34(45)38-26-11-9-24(3)28(19-26)25-10-12-27(37-21-25)22-40-15-17-46-18-16-40/h9-12,19-21,23H,13-18,22H2,1-8H3,(H2,38,39,45). The number of aromatic nitrogens is 1. The van der Waals surface area contributed by atoms with Crippen LogP contribution in [0, 0.1) is 6.92 Å². The van der Waals surface area contributed by atoms with Gasteiger partial charge in [-0.1, -0.05) is 32.9 Å². The van der Waals surface area contributed by atoms with E-state index in [-0.39, 0.29) is 23.3 Å². The van der Waals surface area contributed by atoms with Crippen molar-refractivity contribution in [2.45, 2.75) is 78.9 Å². The number of thiophene rings is 1. The molecule has 0 radical (unpaired) electrons. The SMILES string of the molecule is Cc1ccc(NC(=O)Nc2cc(C(C)(C)C)sc2C(=O)N2CCN(C(C)C)C(=O)C2(C)C)cc1-c1ccc(CN2CCOCC2)nc1. The summed E-state index contributed by atoms with van der Waals surface area (Å²) in [4.78, 5) is 52.8. The predicted molar refractivity (Wildman–Crippen MR) is 188 cm³/mol. The number of hydrogen-bond donors (Lipinski definition) is 2. The molecule has 2 saturated heterocycles. The first kappa shape index (κ1) is 34.5. The first-order valence-electron chi connectivity index (χ1n) is 16.4. The first-order valence-corrected chi connectivity index (χ1v) is 17.2. The van der Waals surface area contributed by atoms with Gasteiger partial charge < -0.3 is 25.2 Å². The summed E-state index contributed by atoms with van der Waals surface area (Å²) in [5.74, 6) is -0.339. The average molecular weight is 661 g/mol. The number of carbonyl (C=O) groups excluding carboxylic acids is 3. The Kier molecular flexibility index (Phi) is 10.1. The molecule has 2 fully saturated rings. The zero-order valence-electron chi connectivity index (χ0n) is 28.9. The Hall–Kier alpha value is -3.80. The number of anilines is 2. The molecule has 0 aliphatic carbocycles. The lowest BCUT2D eigenvalue weighted by Crippen LogP contribution is -2.65. The Labute approximate surface area is 282 Å². The summed E-state index contributed by atoms with van der Waals surface area (Å²) in [5.41, 5.74) is 3.81. The van der Waals surface area contributed by atoms with Crippen molar-refractivity contribution in [1.82, 2.24) is 19.7 Å². The third-order valence-electron chi connectivity index (χ3n) is 8.93. The Balaban J connectivity index is 1.33. The van der Waals surface area contributed by atoms with E-state index in [1.807, 2.05) is 56.1 Å². The Morgan fingerprint density at radius 2 is 1.74 bits per heavy atom. The van der Waals surface area contributed by atoms with Gasteiger partial charge in [0, 0.05) is 61.1 Å². The molecule has 0 saturated carbocycles. The van der Waals surface area contributed by atoms with Gasteiger partial charge in [-0.3, -0.25) is 19.5 Å². The number of carbonyl (C=O) groups is 3. The summed E-state index contributed by atoms with van der Waals surface area (Å²) in [6, 6.07) is 11.4. The fourth-order valence-corrected chi connectivity index (χ4v) is 7.12. The zero-order chi connectivity index (χ0) is 34.1. The van der Waals surface area contributed by atoms with Gasteiger partial charge in [-0.15, -0.1) is 11.3 Å². The molecule has 0 unspecified atom stereocenters. The molecule has 4 heterocycles. The molecular weight excluding hydrogens is 613 g/mol. The van der Waals surface area contributed by atoms with E-state index in [4.69, 9.17) is 9.72 Å². The van der Waals surface area contributed by atoms with E-state index in [0.29, 0.717) is 29.3 Å². The molecule has 4 amide bonds. The first-order chi connectivity index (χ1) is 22.1. The van der Waals surface area contributed by atoms with Crippen LogP contribution in [0.25, 0.3) is 11.1 Å². The number of benzene rings is 1. The van der Waals surface area contributed by atoms with Gasteiger partial charge in [-0.25, -0.2) is 4.79 Å². The van der Waals surface area contributed by atoms with Gasteiger partial charge in [0.15, 0.2) is 0 Å². The van der Waals surface area contributed by atoms with E-state index in [0.717, 1.165) is 60.1 Å². The minimum absolute atomic E-state index is 0.0486. The van der Waals surface area contributed by atoms with E-state index in [1.165, 1.54) is 11.3 Å².